The number of nitrogens with one attached hydrogen (secondary N) is 1. The van der Waals surface area contributed by atoms with Crippen LogP contribution in [0.15, 0.2) is 47.2 Å². The molecule has 0 aliphatic heterocycles. The number of aliphatic hydroxyl groups excluding tert-OH is 1. The number of aliphatic carboxylic acids is 1. The zero-order valence-electron chi connectivity index (χ0n) is 23.2. The highest BCUT2D eigenvalue weighted by Gasteiger charge is 2.34. The van der Waals surface area contributed by atoms with E-state index in [1.807, 2.05) is 18.2 Å². The molecule has 212 valence electrons. The number of carboxylic acid groups (broad SMARTS) is 1. The summed E-state index contributed by atoms with van der Waals surface area (Å²) in [4.78, 5) is 29.8. The fourth-order valence-electron chi connectivity index (χ4n) is 4.38. The van der Waals surface area contributed by atoms with E-state index in [2.05, 4.69) is 42.3 Å². The van der Waals surface area contributed by atoms with Crippen LogP contribution in [0.2, 0.25) is 0 Å². The molecule has 1 heterocycles. The molecule has 2 unspecified atom stereocenters. The van der Waals surface area contributed by atoms with E-state index in [0.29, 0.717) is 13.0 Å². The third-order valence-electron chi connectivity index (χ3n) is 6.97. The number of likely N-dealkylation sites (N-methyl/N-ethyl adjacent to an activating group) is 1. The van der Waals surface area contributed by atoms with Crippen LogP contribution in [0.1, 0.15) is 55.2 Å². The Hall–Kier alpha value is -3.43. The second-order valence-corrected chi connectivity index (χ2v) is 10.1. The standard InChI is InChI=1S/C30H41N3O6/c1-21-11-12-23(18-22(21)2)10-6-4-9-17-38-28(27(34)30(36)37)29(35)33(3)16-8-5-7-15-31-24-13-14-25-26(19-24)39-20-32-25/h11-14,18-20,27-28,31,34H,4-10,15-17H2,1-3H3,(H,36,37). The molecule has 9 nitrogen and oxygen atoms in total. The molecule has 39 heavy (non-hydrogen) atoms. The highest BCUT2D eigenvalue weighted by atomic mass is 16.5. The largest absolute Gasteiger partial charge is 0.479 e. The van der Waals surface area contributed by atoms with Crippen LogP contribution in [0.5, 0.6) is 0 Å². The van der Waals surface area contributed by atoms with Gasteiger partial charge in [-0.05, 0) is 81.2 Å². The molecule has 0 aliphatic rings. The molecule has 0 bridgehead atoms. The predicted octanol–water partition coefficient (Wildman–Crippen LogP) is 4.73. The van der Waals surface area contributed by atoms with Crippen molar-refractivity contribution in [3.63, 3.8) is 0 Å². The molecule has 0 spiro atoms. The fourth-order valence-corrected chi connectivity index (χ4v) is 4.38. The van der Waals surface area contributed by atoms with Crippen molar-refractivity contribution in [2.75, 3.05) is 32.1 Å². The minimum absolute atomic E-state index is 0.215. The van der Waals surface area contributed by atoms with Gasteiger partial charge in [0.1, 0.15) is 5.52 Å². The molecule has 3 aromatic rings. The van der Waals surface area contributed by atoms with E-state index in [1.54, 1.807) is 7.05 Å². The molecule has 0 saturated carbocycles. The Balaban J connectivity index is 1.34. The summed E-state index contributed by atoms with van der Waals surface area (Å²) in [6.07, 6.45) is 4.12. The Kier molecular flexibility index (Phi) is 11.8. The quantitative estimate of drug-likeness (QED) is 0.210. The van der Waals surface area contributed by atoms with Crippen LogP contribution in [0.3, 0.4) is 0 Å². The lowest BCUT2D eigenvalue weighted by molar-refractivity contribution is -0.166. The van der Waals surface area contributed by atoms with Gasteiger partial charge < -0.3 is 29.6 Å². The van der Waals surface area contributed by atoms with E-state index in [-0.39, 0.29) is 6.61 Å². The number of aliphatic hydroxyl groups is 1. The molecule has 0 aliphatic carbocycles. The van der Waals surface area contributed by atoms with Gasteiger partial charge in [-0.25, -0.2) is 9.78 Å². The van der Waals surface area contributed by atoms with Gasteiger partial charge in [-0.1, -0.05) is 24.6 Å². The van der Waals surface area contributed by atoms with Crippen molar-refractivity contribution in [1.82, 2.24) is 9.88 Å². The molecule has 0 fully saturated rings. The average molecular weight is 540 g/mol. The smallest absolute Gasteiger partial charge is 0.335 e. The molecule has 1 amide bonds. The van der Waals surface area contributed by atoms with Gasteiger partial charge >= 0.3 is 5.97 Å². The summed E-state index contributed by atoms with van der Waals surface area (Å²) in [5, 5.41) is 22.8. The Labute approximate surface area is 230 Å². The Bertz CT molecular complexity index is 1210. The van der Waals surface area contributed by atoms with Crippen LogP contribution in [0.25, 0.3) is 11.1 Å². The van der Waals surface area contributed by atoms with Crippen LogP contribution in [0, 0.1) is 13.8 Å². The molecule has 3 rings (SSSR count). The number of benzene rings is 2. The van der Waals surface area contributed by atoms with Crippen LogP contribution in [0.4, 0.5) is 5.69 Å². The number of hydrogen-bond acceptors (Lipinski definition) is 7. The topological polar surface area (TPSA) is 125 Å². The summed E-state index contributed by atoms with van der Waals surface area (Å²) in [6.45, 7) is 5.63. The molecule has 9 heteroatoms. The maximum Gasteiger partial charge on any atom is 0.335 e. The maximum atomic E-state index is 12.9. The van der Waals surface area contributed by atoms with Gasteiger partial charge in [0.2, 0.25) is 0 Å². The first kappa shape index (κ1) is 30.1. The average Bonchev–Trinajstić information content (AvgIpc) is 3.39. The van der Waals surface area contributed by atoms with Crippen molar-refractivity contribution in [2.24, 2.45) is 0 Å². The normalized spacial score (nSPS) is 12.8. The van der Waals surface area contributed by atoms with Crippen LogP contribution in [-0.2, 0) is 20.7 Å². The number of amides is 1. The van der Waals surface area contributed by atoms with Crippen LogP contribution < -0.4 is 5.32 Å². The number of carbonyl (C=O) groups is 2. The molecule has 3 N–H and O–H groups in total. The number of hydrogen-bond donors (Lipinski definition) is 3. The van der Waals surface area contributed by atoms with Crippen molar-refractivity contribution >= 4 is 28.7 Å². The fraction of sp³-hybridized carbons (Fsp3) is 0.500. The zero-order chi connectivity index (χ0) is 28.2. The van der Waals surface area contributed by atoms with Gasteiger partial charge in [0, 0.05) is 38.5 Å². The second kappa shape index (κ2) is 15.2. The number of aryl methyl sites for hydroxylation is 3. The first-order chi connectivity index (χ1) is 18.8. The van der Waals surface area contributed by atoms with E-state index >= 15 is 0 Å². The van der Waals surface area contributed by atoms with Gasteiger partial charge in [-0.15, -0.1) is 0 Å². The molecular formula is C30H41N3O6. The third-order valence-corrected chi connectivity index (χ3v) is 6.97. The third kappa shape index (κ3) is 9.37. The lowest BCUT2D eigenvalue weighted by Gasteiger charge is -2.25. The summed E-state index contributed by atoms with van der Waals surface area (Å²) < 4.78 is 10.9. The van der Waals surface area contributed by atoms with Crippen LogP contribution in [-0.4, -0.2) is 70.9 Å². The second-order valence-electron chi connectivity index (χ2n) is 10.1. The van der Waals surface area contributed by atoms with Crippen molar-refractivity contribution < 1.29 is 29.0 Å². The van der Waals surface area contributed by atoms with Gasteiger partial charge in [-0.2, -0.15) is 0 Å². The lowest BCUT2D eigenvalue weighted by Crippen LogP contribution is -2.48. The number of aromatic nitrogens is 1. The zero-order valence-corrected chi connectivity index (χ0v) is 23.2. The molecule has 0 radical (unpaired) electrons. The number of unbranched alkanes of at least 4 members (excludes halogenated alkanes) is 4. The van der Waals surface area contributed by atoms with E-state index < -0.39 is 24.1 Å². The minimum Gasteiger partial charge on any atom is -0.479 e. The molecule has 0 saturated heterocycles. The van der Waals surface area contributed by atoms with Crippen molar-refractivity contribution in [3.05, 3.63) is 59.5 Å². The van der Waals surface area contributed by atoms with Gasteiger partial charge in [-0.3, -0.25) is 4.79 Å². The number of oxazole rings is 1. The van der Waals surface area contributed by atoms with E-state index in [9.17, 15) is 19.8 Å². The number of nitrogens with zero attached hydrogens (tertiary/aromatic N) is 2. The number of ether oxygens (including phenoxy) is 1. The van der Waals surface area contributed by atoms with E-state index in [4.69, 9.17) is 9.15 Å². The predicted molar refractivity (Wildman–Crippen MR) is 151 cm³/mol. The lowest BCUT2D eigenvalue weighted by atomic mass is 10.0. The summed E-state index contributed by atoms with van der Waals surface area (Å²) in [7, 11) is 1.61. The Morgan fingerprint density at radius 1 is 1.03 bits per heavy atom. The summed E-state index contributed by atoms with van der Waals surface area (Å²) in [5.41, 5.74) is 6.36. The summed E-state index contributed by atoms with van der Waals surface area (Å²) in [6, 6.07) is 12.2. The number of anilines is 1. The first-order valence-electron chi connectivity index (χ1n) is 13.7. The Morgan fingerprint density at radius 3 is 2.59 bits per heavy atom. The van der Waals surface area contributed by atoms with Crippen molar-refractivity contribution in [2.45, 2.75) is 71.0 Å². The van der Waals surface area contributed by atoms with E-state index in [1.165, 1.54) is 28.0 Å². The van der Waals surface area contributed by atoms with Crippen LogP contribution >= 0.6 is 0 Å². The Morgan fingerprint density at radius 2 is 1.82 bits per heavy atom. The number of carboxylic acids is 1. The molecular weight excluding hydrogens is 498 g/mol. The SMILES string of the molecule is Cc1ccc(CCCCCOC(C(=O)N(C)CCCCCNc2ccc3ncoc3c2)C(O)C(=O)O)cc1C. The molecule has 2 atom stereocenters. The summed E-state index contributed by atoms with van der Waals surface area (Å²) in [5.74, 6) is -1.98. The molecule has 2 aromatic carbocycles. The van der Waals surface area contributed by atoms with E-state index in [0.717, 1.165) is 61.9 Å². The van der Waals surface area contributed by atoms with Gasteiger partial charge in [0.15, 0.2) is 24.2 Å². The highest BCUT2D eigenvalue weighted by molar-refractivity contribution is 5.87. The monoisotopic (exact) mass is 539 g/mol. The maximum absolute atomic E-state index is 12.9. The number of fused-ring (bicyclic) bond motifs is 1. The highest BCUT2D eigenvalue weighted by Crippen LogP contribution is 2.18. The van der Waals surface area contributed by atoms with Gasteiger partial charge in [0.05, 0.1) is 0 Å². The van der Waals surface area contributed by atoms with Gasteiger partial charge in [0.25, 0.3) is 5.91 Å². The number of rotatable bonds is 17. The minimum atomic E-state index is -1.90. The number of carbonyl (C=O) groups excluding carboxylic acids is 1. The van der Waals surface area contributed by atoms with Crippen molar-refractivity contribution in [3.8, 4) is 0 Å². The first-order valence-corrected chi connectivity index (χ1v) is 13.7. The molecule has 1 aromatic heterocycles. The van der Waals surface area contributed by atoms with Crippen molar-refractivity contribution in [1.29, 1.82) is 0 Å². The summed E-state index contributed by atoms with van der Waals surface area (Å²) >= 11 is 0.